The molecule has 21 heavy (non-hydrogen) atoms. The Morgan fingerprint density at radius 2 is 1.76 bits per heavy atom. The van der Waals surface area contributed by atoms with Gasteiger partial charge in [0.2, 0.25) is 0 Å². The number of nitrogens with one attached hydrogen (secondary N) is 1. The van der Waals surface area contributed by atoms with Crippen molar-refractivity contribution in [2.75, 3.05) is 5.73 Å². The lowest BCUT2D eigenvalue weighted by atomic mass is 10.00. The average Bonchev–Trinajstić information content (AvgIpc) is 2.94. The molecule has 0 saturated carbocycles. The monoisotopic (exact) mass is 274 g/mol. The van der Waals surface area contributed by atoms with E-state index >= 15 is 0 Å². The Kier molecular flexibility index (Phi) is 2.44. The predicted octanol–water partition coefficient (Wildman–Crippen LogP) is 3.67. The summed E-state index contributed by atoms with van der Waals surface area (Å²) in [5.41, 5.74) is 10.1. The Labute approximate surface area is 121 Å². The van der Waals surface area contributed by atoms with Gasteiger partial charge in [0, 0.05) is 16.5 Å². The van der Waals surface area contributed by atoms with Crippen molar-refractivity contribution in [3.05, 3.63) is 54.4 Å². The molecule has 4 heteroatoms. The van der Waals surface area contributed by atoms with Gasteiger partial charge >= 0.3 is 0 Å². The summed E-state index contributed by atoms with van der Waals surface area (Å²) in [6.07, 6.45) is 1.84. The number of aryl methyl sites for hydroxylation is 1. The van der Waals surface area contributed by atoms with Crippen LogP contribution >= 0.6 is 0 Å². The van der Waals surface area contributed by atoms with Crippen molar-refractivity contribution in [3.8, 4) is 11.1 Å². The maximum atomic E-state index is 5.80. The van der Waals surface area contributed by atoms with Gasteiger partial charge in [0.15, 0.2) is 0 Å². The first-order valence-electron chi connectivity index (χ1n) is 6.81. The number of benzene rings is 2. The van der Waals surface area contributed by atoms with Gasteiger partial charge in [-0.2, -0.15) is 5.10 Å². The molecular weight excluding hydrogens is 260 g/mol. The van der Waals surface area contributed by atoms with Crippen LogP contribution in [0.1, 0.15) is 5.69 Å². The first kappa shape index (κ1) is 11.9. The highest BCUT2D eigenvalue weighted by Gasteiger charge is 2.05. The van der Waals surface area contributed by atoms with E-state index in [4.69, 9.17) is 5.73 Å². The summed E-state index contributed by atoms with van der Waals surface area (Å²) in [6.45, 7) is 1.99. The van der Waals surface area contributed by atoms with Gasteiger partial charge in [-0.05, 0) is 47.7 Å². The SMILES string of the molecule is Cc1nc(N)cc2ccc(-c3ccc4[nH]ncc4c3)cc12. The third kappa shape index (κ3) is 1.92. The minimum absolute atomic E-state index is 0.563. The number of nitrogen functional groups attached to an aromatic ring is 1. The van der Waals surface area contributed by atoms with E-state index in [2.05, 4.69) is 51.6 Å². The molecule has 0 aliphatic carbocycles. The van der Waals surface area contributed by atoms with E-state index in [0.29, 0.717) is 5.82 Å². The molecule has 0 amide bonds. The molecular formula is C17H14N4. The molecule has 0 saturated heterocycles. The van der Waals surface area contributed by atoms with Crippen LogP contribution < -0.4 is 5.73 Å². The zero-order valence-corrected chi connectivity index (χ0v) is 11.6. The van der Waals surface area contributed by atoms with Gasteiger partial charge in [-0.25, -0.2) is 4.98 Å². The Hall–Kier alpha value is -2.88. The highest BCUT2D eigenvalue weighted by atomic mass is 15.1. The number of nitrogens with two attached hydrogens (primary N) is 1. The fourth-order valence-electron chi connectivity index (χ4n) is 2.74. The zero-order chi connectivity index (χ0) is 14.4. The van der Waals surface area contributed by atoms with Gasteiger partial charge < -0.3 is 5.73 Å². The topological polar surface area (TPSA) is 67.6 Å². The number of hydrogen-bond acceptors (Lipinski definition) is 3. The van der Waals surface area contributed by atoms with Gasteiger partial charge in [-0.15, -0.1) is 0 Å². The second kappa shape index (κ2) is 4.31. The summed E-state index contributed by atoms with van der Waals surface area (Å²) in [5, 5.41) is 10.4. The van der Waals surface area contributed by atoms with E-state index in [0.717, 1.165) is 27.4 Å². The zero-order valence-electron chi connectivity index (χ0n) is 11.6. The van der Waals surface area contributed by atoms with E-state index in [-0.39, 0.29) is 0 Å². The van der Waals surface area contributed by atoms with Crippen molar-refractivity contribution >= 4 is 27.5 Å². The highest BCUT2D eigenvalue weighted by Crippen LogP contribution is 2.28. The quantitative estimate of drug-likeness (QED) is 0.556. The van der Waals surface area contributed by atoms with E-state index < -0.39 is 0 Å². The standard InChI is InChI=1S/C17H14N4/c1-10-15-7-12(2-3-13(15)8-17(18)20-10)11-4-5-16-14(6-11)9-19-21-16/h2-9H,1H3,(H2,18,20)(H,19,21). The minimum Gasteiger partial charge on any atom is -0.384 e. The summed E-state index contributed by atoms with van der Waals surface area (Å²) < 4.78 is 0. The fourth-order valence-corrected chi connectivity index (χ4v) is 2.74. The molecule has 0 atom stereocenters. The Balaban J connectivity index is 1.93. The third-order valence-corrected chi connectivity index (χ3v) is 3.82. The van der Waals surface area contributed by atoms with Gasteiger partial charge in [0.25, 0.3) is 0 Å². The van der Waals surface area contributed by atoms with Crippen LogP contribution in [0.25, 0.3) is 32.8 Å². The van der Waals surface area contributed by atoms with Crippen LogP contribution in [0.5, 0.6) is 0 Å². The van der Waals surface area contributed by atoms with Crippen molar-refractivity contribution in [2.45, 2.75) is 6.92 Å². The Morgan fingerprint density at radius 3 is 2.67 bits per heavy atom. The smallest absolute Gasteiger partial charge is 0.124 e. The van der Waals surface area contributed by atoms with E-state index in [1.165, 1.54) is 11.1 Å². The lowest BCUT2D eigenvalue weighted by Gasteiger charge is -2.07. The highest BCUT2D eigenvalue weighted by molar-refractivity contribution is 5.92. The molecule has 0 fully saturated rings. The van der Waals surface area contributed by atoms with Gasteiger partial charge in [0.05, 0.1) is 11.7 Å². The summed E-state index contributed by atoms with van der Waals surface area (Å²) in [5.74, 6) is 0.563. The molecule has 0 aliphatic rings. The molecule has 0 spiro atoms. The van der Waals surface area contributed by atoms with E-state index in [9.17, 15) is 0 Å². The number of aromatic nitrogens is 3. The maximum Gasteiger partial charge on any atom is 0.124 e. The maximum absolute atomic E-state index is 5.80. The van der Waals surface area contributed by atoms with Crippen LogP contribution in [0, 0.1) is 6.92 Å². The number of hydrogen-bond donors (Lipinski definition) is 2. The molecule has 3 N–H and O–H groups in total. The number of nitrogens with zero attached hydrogens (tertiary/aromatic N) is 2. The largest absolute Gasteiger partial charge is 0.384 e. The van der Waals surface area contributed by atoms with Crippen LogP contribution in [0.3, 0.4) is 0 Å². The van der Waals surface area contributed by atoms with Crippen LogP contribution in [0.15, 0.2) is 48.7 Å². The molecule has 2 aromatic heterocycles. The van der Waals surface area contributed by atoms with Crippen molar-refractivity contribution in [2.24, 2.45) is 0 Å². The van der Waals surface area contributed by atoms with Gasteiger partial charge in [-0.1, -0.05) is 18.2 Å². The lowest BCUT2D eigenvalue weighted by Crippen LogP contribution is -1.93. The van der Waals surface area contributed by atoms with E-state index in [1.54, 1.807) is 0 Å². The average molecular weight is 274 g/mol. The van der Waals surface area contributed by atoms with Gasteiger partial charge in [0.1, 0.15) is 5.82 Å². The molecule has 102 valence electrons. The van der Waals surface area contributed by atoms with Crippen molar-refractivity contribution in [1.82, 2.24) is 15.2 Å². The van der Waals surface area contributed by atoms with E-state index in [1.807, 2.05) is 19.2 Å². The molecule has 0 aliphatic heterocycles. The van der Waals surface area contributed by atoms with Crippen LogP contribution in [-0.4, -0.2) is 15.2 Å². The number of pyridine rings is 1. The summed E-state index contributed by atoms with van der Waals surface area (Å²) in [4.78, 5) is 4.34. The molecule has 0 bridgehead atoms. The minimum atomic E-state index is 0.563. The molecule has 2 aromatic carbocycles. The number of fused-ring (bicyclic) bond motifs is 2. The third-order valence-electron chi connectivity index (χ3n) is 3.82. The summed E-state index contributed by atoms with van der Waals surface area (Å²) >= 11 is 0. The normalized spacial score (nSPS) is 11.3. The summed E-state index contributed by atoms with van der Waals surface area (Å²) in [6, 6.07) is 14.6. The van der Waals surface area contributed by atoms with Crippen molar-refractivity contribution in [1.29, 1.82) is 0 Å². The Morgan fingerprint density at radius 1 is 0.952 bits per heavy atom. The van der Waals surface area contributed by atoms with Crippen LogP contribution in [-0.2, 0) is 0 Å². The molecule has 4 nitrogen and oxygen atoms in total. The number of H-pyrrole nitrogens is 1. The van der Waals surface area contributed by atoms with Crippen molar-refractivity contribution in [3.63, 3.8) is 0 Å². The first-order valence-corrected chi connectivity index (χ1v) is 6.81. The van der Waals surface area contributed by atoms with Gasteiger partial charge in [-0.3, -0.25) is 5.10 Å². The first-order chi connectivity index (χ1) is 10.2. The summed E-state index contributed by atoms with van der Waals surface area (Å²) in [7, 11) is 0. The second-order valence-electron chi connectivity index (χ2n) is 5.24. The molecule has 0 radical (unpaired) electrons. The predicted molar refractivity (Wildman–Crippen MR) is 86.0 cm³/mol. The molecule has 4 rings (SSSR count). The Bertz CT molecular complexity index is 969. The lowest BCUT2D eigenvalue weighted by molar-refractivity contribution is 1.12. The van der Waals surface area contributed by atoms with Crippen molar-refractivity contribution < 1.29 is 0 Å². The van der Waals surface area contributed by atoms with Crippen LogP contribution in [0.2, 0.25) is 0 Å². The number of anilines is 1. The molecule has 2 heterocycles. The fraction of sp³-hybridized carbons (Fsp3) is 0.0588. The number of aromatic amines is 1. The second-order valence-corrected chi connectivity index (χ2v) is 5.24. The van der Waals surface area contributed by atoms with Crippen LogP contribution in [0.4, 0.5) is 5.82 Å². The molecule has 4 aromatic rings. The molecule has 0 unspecified atom stereocenters. The number of rotatable bonds is 1.